The minimum atomic E-state index is -3.72. The van der Waals surface area contributed by atoms with Gasteiger partial charge in [0.25, 0.3) is 5.56 Å². The van der Waals surface area contributed by atoms with Crippen LogP contribution in [0.3, 0.4) is 0 Å². The van der Waals surface area contributed by atoms with Gasteiger partial charge in [-0.15, -0.1) is 0 Å². The Morgan fingerprint density at radius 3 is 2.93 bits per heavy atom. The zero-order valence-electron chi connectivity index (χ0n) is 15.5. The highest BCUT2D eigenvalue weighted by atomic mass is 31.2. The summed E-state index contributed by atoms with van der Waals surface area (Å²) >= 11 is 0. The molecule has 4 rings (SSSR count). The van der Waals surface area contributed by atoms with E-state index in [2.05, 4.69) is 4.98 Å². The van der Waals surface area contributed by atoms with Gasteiger partial charge in [-0.05, 0) is 32.8 Å². The fraction of sp³-hybridized carbons (Fsp3) is 0.444. The fourth-order valence-electron chi connectivity index (χ4n) is 3.26. The number of hydrogen-bond donors (Lipinski definition) is 1. The summed E-state index contributed by atoms with van der Waals surface area (Å²) in [6.45, 7) is 3.72. The van der Waals surface area contributed by atoms with Crippen LogP contribution in [-0.4, -0.2) is 22.3 Å². The van der Waals surface area contributed by atoms with Gasteiger partial charge in [0.15, 0.2) is 0 Å². The third-order valence-corrected chi connectivity index (χ3v) is 6.10. The molecule has 0 spiro atoms. The Morgan fingerprint density at radius 1 is 1.29 bits per heavy atom. The molecule has 28 heavy (non-hydrogen) atoms. The highest BCUT2D eigenvalue weighted by Gasteiger charge is 2.37. The lowest BCUT2D eigenvalue weighted by atomic mass is 10.1. The molecule has 1 N–H and O–H groups in total. The Bertz CT molecular complexity index is 1060. The predicted octanol–water partition coefficient (Wildman–Crippen LogP) is 2.56. The Balaban J connectivity index is 1.38. The number of aromatic nitrogens is 2. The third-order valence-electron chi connectivity index (χ3n) is 4.76. The molecule has 150 valence electrons. The maximum atomic E-state index is 12.7. The summed E-state index contributed by atoms with van der Waals surface area (Å²) in [5.74, 6) is 0.487. The Hall–Kier alpha value is -2.19. The van der Waals surface area contributed by atoms with Crippen molar-refractivity contribution < 1.29 is 22.9 Å². The van der Waals surface area contributed by atoms with E-state index < -0.39 is 25.3 Å². The van der Waals surface area contributed by atoms with Crippen molar-refractivity contribution in [3.05, 3.63) is 61.9 Å². The van der Waals surface area contributed by atoms with E-state index >= 15 is 0 Å². The monoisotopic (exact) mass is 408 g/mol. The highest BCUT2D eigenvalue weighted by molar-refractivity contribution is 7.49. The van der Waals surface area contributed by atoms with E-state index in [4.69, 9.17) is 18.3 Å². The molecule has 1 saturated heterocycles. The number of phosphoric acid groups is 1. The number of aromatic amines is 1. The first-order chi connectivity index (χ1) is 13.3. The lowest BCUT2D eigenvalue weighted by Crippen LogP contribution is -2.33. The number of phosphoric ester groups is 1. The minimum absolute atomic E-state index is 0.00601. The lowest BCUT2D eigenvalue weighted by Gasteiger charge is -2.26. The molecule has 9 nitrogen and oxygen atoms in total. The molecule has 1 aromatic heterocycles. The first kappa shape index (κ1) is 19.1. The Morgan fingerprint density at radius 2 is 2.11 bits per heavy atom. The van der Waals surface area contributed by atoms with Gasteiger partial charge in [0, 0.05) is 17.3 Å². The molecule has 0 bridgehead atoms. The first-order valence-electron chi connectivity index (χ1n) is 8.99. The van der Waals surface area contributed by atoms with Crippen LogP contribution in [0.25, 0.3) is 0 Å². The van der Waals surface area contributed by atoms with E-state index in [-0.39, 0.29) is 19.3 Å². The van der Waals surface area contributed by atoms with Gasteiger partial charge in [-0.1, -0.05) is 17.7 Å². The van der Waals surface area contributed by atoms with Crippen LogP contribution >= 0.6 is 7.82 Å². The summed E-state index contributed by atoms with van der Waals surface area (Å²) in [6.07, 6.45) is 1.75. The number of benzene rings is 1. The van der Waals surface area contributed by atoms with Crippen LogP contribution in [0, 0.1) is 13.8 Å². The number of nitrogens with zero attached hydrogens (tertiary/aromatic N) is 1. The number of nitrogens with one attached hydrogen (secondary N) is 1. The summed E-state index contributed by atoms with van der Waals surface area (Å²) in [4.78, 5) is 25.8. The van der Waals surface area contributed by atoms with Crippen molar-refractivity contribution in [1.29, 1.82) is 0 Å². The highest BCUT2D eigenvalue weighted by Crippen LogP contribution is 2.54. The van der Waals surface area contributed by atoms with Crippen LogP contribution in [0.2, 0.25) is 0 Å². The average molecular weight is 408 g/mol. The predicted molar refractivity (Wildman–Crippen MR) is 99.4 cm³/mol. The van der Waals surface area contributed by atoms with Crippen LogP contribution in [0.5, 0.6) is 5.75 Å². The lowest BCUT2D eigenvalue weighted by molar-refractivity contribution is -0.0265. The maximum Gasteiger partial charge on any atom is 0.530 e. The van der Waals surface area contributed by atoms with E-state index in [0.29, 0.717) is 24.2 Å². The van der Waals surface area contributed by atoms with Gasteiger partial charge in [-0.25, -0.2) is 9.36 Å². The van der Waals surface area contributed by atoms with Crippen LogP contribution in [-0.2, 0) is 25.0 Å². The van der Waals surface area contributed by atoms with E-state index in [1.54, 1.807) is 13.0 Å². The molecule has 2 aliphatic rings. The molecule has 3 atom stereocenters. The zero-order valence-corrected chi connectivity index (χ0v) is 16.4. The van der Waals surface area contributed by atoms with Gasteiger partial charge in [-0.2, -0.15) is 0 Å². The topological polar surface area (TPSA) is 109 Å². The molecular formula is C18H21N2O7P. The molecular weight excluding hydrogens is 387 g/mol. The van der Waals surface area contributed by atoms with Crippen LogP contribution in [0.4, 0.5) is 0 Å². The second kappa shape index (κ2) is 7.33. The number of H-pyrrole nitrogens is 1. The van der Waals surface area contributed by atoms with Gasteiger partial charge in [0.2, 0.25) is 0 Å². The van der Waals surface area contributed by atoms with Gasteiger partial charge >= 0.3 is 13.5 Å². The molecule has 0 amide bonds. The van der Waals surface area contributed by atoms with Gasteiger partial charge < -0.3 is 9.26 Å². The molecule has 1 fully saturated rings. The number of rotatable bonds is 4. The quantitative estimate of drug-likeness (QED) is 0.775. The SMILES string of the molecule is Cc1ccc2c(c1)COP(=O)(OCC1CCC(n3cc(C)c(=O)[nH]c3=O)O1)O2. The smallest absolute Gasteiger partial charge is 0.404 e. The molecule has 0 radical (unpaired) electrons. The van der Waals surface area contributed by atoms with Crippen LogP contribution < -0.4 is 15.8 Å². The first-order valence-corrected chi connectivity index (χ1v) is 10.4. The molecule has 2 aromatic rings. The van der Waals surface area contributed by atoms with Crippen molar-refractivity contribution in [1.82, 2.24) is 9.55 Å². The van der Waals surface area contributed by atoms with Crippen molar-refractivity contribution in [2.45, 2.75) is 45.6 Å². The number of aryl methyl sites for hydroxylation is 2. The number of fused-ring (bicyclic) bond motifs is 1. The second-order valence-electron chi connectivity index (χ2n) is 6.99. The summed E-state index contributed by atoms with van der Waals surface area (Å²) in [5.41, 5.74) is 1.35. The molecule has 2 aliphatic heterocycles. The second-order valence-corrected chi connectivity index (χ2v) is 8.58. The summed E-state index contributed by atoms with van der Waals surface area (Å²) in [5, 5.41) is 0. The fourth-order valence-corrected chi connectivity index (χ4v) is 4.50. The molecule has 3 heterocycles. The van der Waals surface area contributed by atoms with Crippen LogP contribution in [0.1, 0.15) is 35.8 Å². The van der Waals surface area contributed by atoms with Crippen LogP contribution in [0.15, 0.2) is 34.0 Å². The average Bonchev–Trinajstić information content (AvgIpc) is 3.12. The number of ether oxygens (including phenoxy) is 1. The Labute approximate surface area is 160 Å². The van der Waals surface area contributed by atoms with Gasteiger partial charge in [0.1, 0.15) is 12.0 Å². The molecule has 0 saturated carbocycles. The zero-order chi connectivity index (χ0) is 19.9. The maximum absolute atomic E-state index is 12.7. The van der Waals surface area contributed by atoms with E-state index in [0.717, 1.165) is 11.1 Å². The normalized spacial score (nSPS) is 26.6. The van der Waals surface area contributed by atoms with E-state index in [1.807, 2.05) is 19.1 Å². The summed E-state index contributed by atoms with van der Waals surface area (Å²) < 4.78 is 36.1. The molecule has 10 heteroatoms. The van der Waals surface area contributed by atoms with E-state index in [9.17, 15) is 14.2 Å². The Kier molecular flexibility index (Phi) is 5.01. The third kappa shape index (κ3) is 3.84. The summed E-state index contributed by atoms with van der Waals surface area (Å²) in [7, 11) is -3.72. The molecule has 0 aliphatic carbocycles. The molecule has 3 unspecified atom stereocenters. The van der Waals surface area contributed by atoms with Crippen molar-refractivity contribution in [2.75, 3.05) is 6.61 Å². The van der Waals surface area contributed by atoms with Gasteiger partial charge in [0.05, 0.1) is 19.3 Å². The van der Waals surface area contributed by atoms with Crippen molar-refractivity contribution in [2.24, 2.45) is 0 Å². The standard InChI is InChI=1S/C18H21N2O7P/c1-11-3-5-15-13(7-11)9-24-28(23,27-15)25-10-14-4-6-16(26-14)20-8-12(2)17(21)19-18(20)22/h3,5,7-8,14,16H,4,6,9-10H2,1-2H3,(H,19,21,22). The van der Waals surface area contributed by atoms with Crippen molar-refractivity contribution in [3.8, 4) is 5.75 Å². The minimum Gasteiger partial charge on any atom is -0.404 e. The summed E-state index contributed by atoms with van der Waals surface area (Å²) in [6, 6.07) is 5.52. The van der Waals surface area contributed by atoms with E-state index in [1.165, 1.54) is 10.8 Å². The largest absolute Gasteiger partial charge is 0.530 e. The molecule has 1 aromatic carbocycles. The van der Waals surface area contributed by atoms with Crippen molar-refractivity contribution in [3.63, 3.8) is 0 Å². The van der Waals surface area contributed by atoms with Gasteiger partial charge in [-0.3, -0.25) is 23.4 Å². The number of hydrogen-bond acceptors (Lipinski definition) is 7. The van der Waals surface area contributed by atoms with Crippen molar-refractivity contribution >= 4 is 7.82 Å².